The molecule has 3 nitrogen and oxygen atoms in total. The molecule has 2 aromatic rings. The van der Waals surface area contributed by atoms with Gasteiger partial charge in [-0.2, -0.15) is 0 Å². The number of aromatic hydroxyl groups is 1. The van der Waals surface area contributed by atoms with Crippen molar-refractivity contribution in [1.82, 2.24) is 0 Å². The van der Waals surface area contributed by atoms with Crippen LogP contribution >= 0.6 is 0 Å². The van der Waals surface area contributed by atoms with Crippen LogP contribution < -0.4 is 9.64 Å². The first-order chi connectivity index (χ1) is 9.68. The summed E-state index contributed by atoms with van der Waals surface area (Å²) in [5.74, 6) is 1.24. The number of benzene rings is 2. The number of ether oxygens (including phenoxy) is 1. The second-order valence-electron chi connectivity index (χ2n) is 4.93. The number of hydrogen-bond donors (Lipinski definition) is 1. The van der Waals surface area contributed by atoms with Crippen molar-refractivity contribution >= 4 is 5.69 Å². The van der Waals surface area contributed by atoms with Crippen LogP contribution in [0.25, 0.3) is 0 Å². The summed E-state index contributed by atoms with van der Waals surface area (Å²) in [6.45, 7) is 0.644. The predicted molar refractivity (Wildman–Crippen MR) is 82.7 cm³/mol. The van der Waals surface area contributed by atoms with Crippen LogP contribution in [0.2, 0.25) is 0 Å². The maximum atomic E-state index is 9.99. The van der Waals surface area contributed by atoms with Crippen LogP contribution in [0.1, 0.15) is 12.0 Å². The lowest BCUT2D eigenvalue weighted by atomic mass is 10.1. The van der Waals surface area contributed by atoms with Gasteiger partial charge in [-0.15, -0.1) is 0 Å². The Hall–Kier alpha value is -2.16. The summed E-state index contributed by atoms with van der Waals surface area (Å²) < 4.78 is 5.67. The Bertz CT molecular complexity index is 538. The van der Waals surface area contributed by atoms with Crippen LogP contribution in [0.3, 0.4) is 0 Å². The van der Waals surface area contributed by atoms with E-state index in [0.29, 0.717) is 12.4 Å². The van der Waals surface area contributed by atoms with Crippen LogP contribution in [-0.2, 0) is 6.42 Å². The van der Waals surface area contributed by atoms with Gasteiger partial charge in [0.05, 0.1) is 6.61 Å². The van der Waals surface area contributed by atoms with Gasteiger partial charge in [0.2, 0.25) is 0 Å². The van der Waals surface area contributed by atoms with Crippen molar-refractivity contribution in [2.24, 2.45) is 0 Å². The van der Waals surface area contributed by atoms with Gasteiger partial charge in [-0.05, 0) is 37.1 Å². The molecule has 0 unspecified atom stereocenters. The molecule has 0 bridgehead atoms. The van der Waals surface area contributed by atoms with Gasteiger partial charge in [0.1, 0.15) is 11.5 Å². The van der Waals surface area contributed by atoms with Crippen LogP contribution in [-0.4, -0.2) is 25.8 Å². The van der Waals surface area contributed by atoms with E-state index in [2.05, 4.69) is 0 Å². The van der Waals surface area contributed by atoms with E-state index in [0.717, 1.165) is 29.8 Å². The van der Waals surface area contributed by atoms with Gasteiger partial charge in [-0.3, -0.25) is 0 Å². The fourth-order valence-electron chi connectivity index (χ4n) is 2.19. The Labute approximate surface area is 120 Å². The highest BCUT2D eigenvalue weighted by atomic mass is 16.5. The zero-order valence-electron chi connectivity index (χ0n) is 12.0. The Morgan fingerprint density at radius 3 is 2.45 bits per heavy atom. The molecule has 0 aromatic heterocycles. The van der Waals surface area contributed by atoms with Crippen molar-refractivity contribution in [3.63, 3.8) is 0 Å². The first kappa shape index (κ1) is 14.3. The van der Waals surface area contributed by atoms with Crippen molar-refractivity contribution in [2.75, 3.05) is 25.6 Å². The summed E-state index contributed by atoms with van der Waals surface area (Å²) in [7, 11) is 3.97. The molecule has 20 heavy (non-hydrogen) atoms. The second-order valence-corrected chi connectivity index (χ2v) is 4.93. The van der Waals surface area contributed by atoms with E-state index in [1.807, 2.05) is 61.5 Å². The number of hydrogen-bond acceptors (Lipinski definition) is 3. The van der Waals surface area contributed by atoms with Crippen molar-refractivity contribution in [3.8, 4) is 11.5 Å². The summed E-state index contributed by atoms with van der Waals surface area (Å²) in [5.41, 5.74) is 2.04. The van der Waals surface area contributed by atoms with Gasteiger partial charge in [-0.25, -0.2) is 0 Å². The monoisotopic (exact) mass is 271 g/mol. The molecule has 1 N–H and O–H groups in total. The third-order valence-corrected chi connectivity index (χ3v) is 3.19. The van der Waals surface area contributed by atoms with Gasteiger partial charge in [0.15, 0.2) is 0 Å². The molecule has 0 heterocycles. The standard InChI is InChI=1S/C17H21NO2/c1-18(2)16-11-6-12-17(19)15(16)10-7-13-20-14-8-4-3-5-9-14/h3-6,8-9,11-12,19H,7,10,13H2,1-2H3. The maximum Gasteiger partial charge on any atom is 0.120 e. The number of phenolic OH excluding ortho intramolecular Hbond substituents is 1. The minimum Gasteiger partial charge on any atom is -0.508 e. The average Bonchev–Trinajstić information content (AvgIpc) is 2.45. The Balaban J connectivity index is 1.91. The molecule has 0 spiro atoms. The first-order valence-electron chi connectivity index (χ1n) is 6.84. The topological polar surface area (TPSA) is 32.7 Å². The highest BCUT2D eigenvalue weighted by Gasteiger charge is 2.09. The first-order valence-corrected chi connectivity index (χ1v) is 6.84. The minimum atomic E-state index is 0.357. The van der Waals surface area contributed by atoms with Gasteiger partial charge >= 0.3 is 0 Å². The van der Waals surface area contributed by atoms with E-state index in [9.17, 15) is 5.11 Å². The number of nitrogens with zero attached hydrogens (tertiary/aromatic N) is 1. The molecule has 0 aliphatic heterocycles. The lowest BCUT2D eigenvalue weighted by molar-refractivity contribution is 0.310. The van der Waals surface area contributed by atoms with E-state index < -0.39 is 0 Å². The Kier molecular flexibility index (Phi) is 4.88. The molecule has 0 saturated heterocycles. The number of para-hydroxylation sites is 1. The zero-order valence-corrected chi connectivity index (χ0v) is 12.0. The zero-order chi connectivity index (χ0) is 14.4. The molecule has 0 atom stereocenters. The van der Waals surface area contributed by atoms with E-state index in [-0.39, 0.29) is 0 Å². The smallest absolute Gasteiger partial charge is 0.120 e. The third kappa shape index (κ3) is 3.67. The summed E-state index contributed by atoms with van der Waals surface area (Å²) in [6, 6.07) is 15.4. The summed E-state index contributed by atoms with van der Waals surface area (Å²) >= 11 is 0. The average molecular weight is 271 g/mol. The van der Waals surface area contributed by atoms with Crippen LogP contribution in [0, 0.1) is 0 Å². The van der Waals surface area contributed by atoms with Gasteiger partial charge in [0.25, 0.3) is 0 Å². The van der Waals surface area contributed by atoms with Crippen molar-refractivity contribution in [1.29, 1.82) is 0 Å². The molecular formula is C17H21NO2. The van der Waals surface area contributed by atoms with Crippen LogP contribution in [0.5, 0.6) is 11.5 Å². The molecule has 0 saturated carbocycles. The molecule has 0 aliphatic carbocycles. The minimum absolute atomic E-state index is 0.357. The normalized spacial score (nSPS) is 10.3. The van der Waals surface area contributed by atoms with Gasteiger partial charge < -0.3 is 14.7 Å². The van der Waals surface area contributed by atoms with Crippen LogP contribution in [0.15, 0.2) is 48.5 Å². The van der Waals surface area contributed by atoms with E-state index >= 15 is 0 Å². The van der Waals surface area contributed by atoms with Gasteiger partial charge in [0, 0.05) is 25.3 Å². The predicted octanol–water partition coefficient (Wildman–Crippen LogP) is 3.47. The van der Waals surface area contributed by atoms with Crippen LogP contribution in [0.4, 0.5) is 5.69 Å². The number of rotatable bonds is 6. The molecule has 2 rings (SSSR count). The number of phenols is 1. The summed E-state index contributed by atoms with van der Waals surface area (Å²) in [5, 5.41) is 9.99. The molecule has 0 radical (unpaired) electrons. The van der Waals surface area contributed by atoms with Crippen molar-refractivity contribution in [3.05, 3.63) is 54.1 Å². The third-order valence-electron chi connectivity index (χ3n) is 3.19. The Morgan fingerprint density at radius 1 is 1.00 bits per heavy atom. The largest absolute Gasteiger partial charge is 0.508 e. The lowest BCUT2D eigenvalue weighted by Gasteiger charge is -2.18. The molecular weight excluding hydrogens is 250 g/mol. The molecule has 2 aromatic carbocycles. The molecule has 106 valence electrons. The van der Waals surface area contributed by atoms with Crippen molar-refractivity contribution < 1.29 is 9.84 Å². The summed E-state index contributed by atoms with van der Waals surface area (Å²) in [6.07, 6.45) is 1.67. The molecule has 0 aliphatic rings. The van der Waals surface area contributed by atoms with Gasteiger partial charge in [-0.1, -0.05) is 24.3 Å². The molecule has 0 amide bonds. The SMILES string of the molecule is CN(C)c1cccc(O)c1CCCOc1ccccc1. The van der Waals surface area contributed by atoms with E-state index in [1.165, 1.54) is 0 Å². The lowest BCUT2D eigenvalue weighted by Crippen LogP contribution is -2.12. The number of anilines is 1. The highest BCUT2D eigenvalue weighted by molar-refractivity contribution is 5.58. The van der Waals surface area contributed by atoms with E-state index in [4.69, 9.17) is 4.74 Å². The fraction of sp³-hybridized carbons (Fsp3) is 0.294. The highest BCUT2D eigenvalue weighted by Crippen LogP contribution is 2.28. The second kappa shape index (κ2) is 6.85. The van der Waals surface area contributed by atoms with Crippen molar-refractivity contribution in [2.45, 2.75) is 12.8 Å². The molecule has 0 fully saturated rings. The fourth-order valence-corrected chi connectivity index (χ4v) is 2.19. The summed E-state index contributed by atoms with van der Waals surface area (Å²) in [4.78, 5) is 2.02. The van der Waals surface area contributed by atoms with E-state index in [1.54, 1.807) is 6.07 Å². The Morgan fingerprint density at radius 2 is 1.75 bits per heavy atom. The molecule has 3 heteroatoms. The quantitative estimate of drug-likeness (QED) is 0.817. The maximum absolute atomic E-state index is 9.99.